The summed E-state index contributed by atoms with van der Waals surface area (Å²) in [5, 5.41) is 8.84. The second-order valence-corrected chi connectivity index (χ2v) is 3.98. The Labute approximate surface area is 109 Å². The summed E-state index contributed by atoms with van der Waals surface area (Å²) in [6, 6.07) is 3.25. The minimum absolute atomic E-state index is 0.0342. The Morgan fingerprint density at radius 1 is 1.37 bits per heavy atom. The van der Waals surface area contributed by atoms with Gasteiger partial charge in [0, 0.05) is 6.20 Å². The number of aromatic amines is 1. The molecule has 1 aromatic heterocycles. The van der Waals surface area contributed by atoms with Gasteiger partial charge >= 0.3 is 11.7 Å². The van der Waals surface area contributed by atoms with Crippen molar-refractivity contribution in [3.8, 4) is 5.69 Å². The van der Waals surface area contributed by atoms with Gasteiger partial charge in [0.1, 0.15) is 11.4 Å². The van der Waals surface area contributed by atoms with Crippen LogP contribution in [-0.2, 0) is 0 Å². The summed E-state index contributed by atoms with van der Waals surface area (Å²) in [6.07, 6.45) is 0.796. The van der Waals surface area contributed by atoms with Crippen LogP contribution >= 0.6 is 11.6 Å². The maximum absolute atomic E-state index is 13.1. The Morgan fingerprint density at radius 3 is 2.68 bits per heavy atom. The molecule has 2 aromatic rings. The van der Waals surface area contributed by atoms with Crippen molar-refractivity contribution in [1.29, 1.82) is 0 Å². The van der Waals surface area contributed by atoms with Crippen LogP contribution in [0.4, 0.5) is 4.39 Å². The molecule has 0 radical (unpaired) electrons. The van der Waals surface area contributed by atoms with Gasteiger partial charge in [-0.1, -0.05) is 11.6 Å². The topological polar surface area (TPSA) is 92.2 Å². The number of nitrogens with one attached hydrogen (secondary N) is 1. The first-order valence-electron chi connectivity index (χ1n) is 4.95. The van der Waals surface area contributed by atoms with E-state index in [1.54, 1.807) is 0 Å². The fourth-order valence-corrected chi connectivity index (χ4v) is 1.68. The van der Waals surface area contributed by atoms with Crippen molar-refractivity contribution >= 4 is 17.6 Å². The highest BCUT2D eigenvalue weighted by Gasteiger charge is 2.14. The summed E-state index contributed by atoms with van der Waals surface area (Å²) >= 11 is 5.81. The SMILES string of the molecule is O=C(O)c1cn(-c2cc(F)ccc2Cl)c(=O)[nH]c1=O. The molecule has 0 saturated heterocycles. The second-order valence-electron chi connectivity index (χ2n) is 3.57. The summed E-state index contributed by atoms with van der Waals surface area (Å²) < 4.78 is 13.9. The quantitative estimate of drug-likeness (QED) is 0.861. The first-order chi connectivity index (χ1) is 8.90. The standard InChI is InChI=1S/C11H6ClFN2O4/c12-7-2-1-5(13)3-8(7)15-4-6(10(17)18)9(16)14-11(15)19/h1-4H,(H,17,18)(H,14,16,19). The van der Waals surface area contributed by atoms with Crippen LogP contribution in [0.25, 0.3) is 5.69 Å². The molecule has 2 N–H and O–H groups in total. The third-order valence-electron chi connectivity index (χ3n) is 2.34. The fourth-order valence-electron chi connectivity index (χ4n) is 1.47. The number of H-pyrrole nitrogens is 1. The van der Waals surface area contributed by atoms with Crippen LogP contribution in [0.5, 0.6) is 0 Å². The highest BCUT2D eigenvalue weighted by molar-refractivity contribution is 6.32. The number of hydrogen-bond acceptors (Lipinski definition) is 3. The van der Waals surface area contributed by atoms with E-state index in [0.29, 0.717) is 0 Å². The highest BCUT2D eigenvalue weighted by atomic mass is 35.5. The van der Waals surface area contributed by atoms with Crippen LogP contribution < -0.4 is 11.2 Å². The number of carboxylic acids is 1. The molecular weight excluding hydrogens is 279 g/mol. The number of rotatable bonds is 2. The van der Waals surface area contributed by atoms with Crippen molar-refractivity contribution in [3.05, 3.63) is 61.6 Å². The van der Waals surface area contributed by atoms with Gasteiger partial charge in [-0.25, -0.2) is 14.0 Å². The number of benzene rings is 1. The lowest BCUT2D eigenvalue weighted by molar-refractivity contribution is 0.0694. The van der Waals surface area contributed by atoms with E-state index in [4.69, 9.17) is 16.7 Å². The average molecular weight is 285 g/mol. The molecule has 0 aliphatic carbocycles. The van der Waals surface area contributed by atoms with E-state index in [9.17, 15) is 18.8 Å². The maximum atomic E-state index is 13.1. The van der Waals surface area contributed by atoms with Gasteiger partial charge in [-0.15, -0.1) is 0 Å². The van der Waals surface area contributed by atoms with Gasteiger partial charge in [0.2, 0.25) is 0 Å². The molecule has 1 heterocycles. The summed E-state index contributed by atoms with van der Waals surface area (Å²) in [6.45, 7) is 0. The van der Waals surface area contributed by atoms with Crippen molar-refractivity contribution in [2.24, 2.45) is 0 Å². The van der Waals surface area contributed by atoms with E-state index >= 15 is 0 Å². The molecule has 0 saturated carbocycles. The number of nitrogens with zero attached hydrogens (tertiary/aromatic N) is 1. The molecule has 98 valence electrons. The summed E-state index contributed by atoms with van der Waals surface area (Å²) in [5.74, 6) is -2.17. The minimum Gasteiger partial charge on any atom is -0.477 e. The molecule has 8 heteroatoms. The van der Waals surface area contributed by atoms with Crippen LogP contribution in [0, 0.1) is 5.82 Å². The van der Waals surface area contributed by atoms with Crippen LogP contribution in [0.1, 0.15) is 10.4 Å². The molecule has 2 rings (SSSR count). The molecule has 1 aromatic carbocycles. The van der Waals surface area contributed by atoms with Crippen LogP contribution in [0.15, 0.2) is 34.0 Å². The molecule has 0 atom stereocenters. The van der Waals surface area contributed by atoms with Gasteiger partial charge in [0.25, 0.3) is 5.56 Å². The van der Waals surface area contributed by atoms with Gasteiger partial charge in [0.05, 0.1) is 10.7 Å². The number of carboxylic acid groups (broad SMARTS) is 1. The Bertz CT molecular complexity index is 781. The van der Waals surface area contributed by atoms with E-state index in [1.165, 1.54) is 6.07 Å². The molecule has 0 spiro atoms. The zero-order chi connectivity index (χ0) is 14.2. The third-order valence-corrected chi connectivity index (χ3v) is 2.66. The lowest BCUT2D eigenvalue weighted by atomic mass is 10.3. The Balaban J connectivity index is 2.79. The van der Waals surface area contributed by atoms with Gasteiger partial charge < -0.3 is 5.11 Å². The fraction of sp³-hybridized carbons (Fsp3) is 0. The molecular formula is C11H6ClFN2O4. The van der Waals surface area contributed by atoms with E-state index in [0.717, 1.165) is 22.9 Å². The minimum atomic E-state index is -1.51. The van der Waals surface area contributed by atoms with Crippen LogP contribution in [0.3, 0.4) is 0 Å². The van der Waals surface area contributed by atoms with Gasteiger partial charge in [0.15, 0.2) is 0 Å². The van der Waals surface area contributed by atoms with Crippen LogP contribution in [-0.4, -0.2) is 20.6 Å². The highest BCUT2D eigenvalue weighted by Crippen LogP contribution is 2.19. The van der Waals surface area contributed by atoms with Gasteiger partial charge in [-0.05, 0) is 18.2 Å². The summed E-state index contributed by atoms with van der Waals surface area (Å²) in [5.41, 5.74) is -2.67. The predicted molar refractivity (Wildman–Crippen MR) is 64.6 cm³/mol. The Hall–Kier alpha value is -2.41. The Kier molecular flexibility index (Phi) is 3.22. The van der Waals surface area contributed by atoms with E-state index in [2.05, 4.69) is 0 Å². The van der Waals surface area contributed by atoms with E-state index in [1.807, 2.05) is 4.98 Å². The van der Waals surface area contributed by atoms with Crippen LogP contribution in [0.2, 0.25) is 5.02 Å². The van der Waals surface area contributed by atoms with Crippen molar-refractivity contribution < 1.29 is 14.3 Å². The van der Waals surface area contributed by atoms with Crippen molar-refractivity contribution in [2.75, 3.05) is 0 Å². The number of aromatic nitrogens is 2. The normalized spacial score (nSPS) is 10.4. The van der Waals surface area contributed by atoms with Crippen molar-refractivity contribution in [2.45, 2.75) is 0 Å². The summed E-state index contributed by atoms with van der Waals surface area (Å²) in [7, 11) is 0. The molecule has 0 bridgehead atoms. The van der Waals surface area contributed by atoms with E-state index < -0.39 is 28.6 Å². The number of halogens is 2. The zero-order valence-corrected chi connectivity index (χ0v) is 9.94. The smallest absolute Gasteiger partial charge is 0.342 e. The predicted octanol–water partition coefficient (Wildman–Crippen LogP) is 1.02. The molecule has 0 aliphatic heterocycles. The molecule has 0 unspecified atom stereocenters. The lowest BCUT2D eigenvalue weighted by Gasteiger charge is -2.08. The number of aromatic carboxylic acids is 1. The Morgan fingerprint density at radius 2 is 2.05 bits per heavy atom. The average Bonchev–Trinajstić information content (AvgIpc) is 2.32. The molecule has 0 aliphatic rings. The first-order valence-corrected chi connectivity index (χ1v) is 5.32. The maximum Gasteiger partial charge on any atom is 0.342 e. The van der Waals surface area contributed by atoms with Gasteiger partial charge in [-0.2, -0.15) is 0 Å². The molecule has 6 nitrogen and oxygen atoms in total. The first kappa shape index (κ1) is 13.0. The van der Waals surface area contributed by atoms with Crippen molar-refractivity contribution in [1.82, 2.24) is 9.55 Å². The molecule has 0 fully saturated rings. The zero-order valence-electron chi connectivity index (χ0n) is 9.18. The summed E-state index contributed by atoms with van der Waals surface area (Å²) in [4.78, 5) is 35.5. The number of hydrogen-bond donors (Lipinski definition) is 2. The van der Waals surface area contributed by atoms with Crippen molar-refractivity contribution in [3.63, 3.8) is 0 Å². The molecule has 0 amide bonds. The van der Waals surface area contributed by atoms with E-state index in [-0.39, 0.29) is 10.7 Å². The third kappa shape index (κ3) is 2.41. The largest absolute Gasteiger partial charge is 0.477 e. The molecule has 19 heavy (non-hydrogen) atoms. The lowest BCUT2D eigenvalue weighted by Crippen LogP contribution is -2.32. The monoisotopic (exact) mass is 284 g/mol. The second kappa shape index (κ2) is 4.69. The van der Waals surface area contributed by atoms with Gasteiger partial charge in [-0.3, -0.25) is 14.3 Å². The number of carbonyl (C=O) groups is 1.